The Labute approximate surface area is 135 Å². The number of pyridine rings is 1. The molecule has 0 fully saturated rings. The van der Waals surface area contributed by atoms with Gasteiger partial charge in [0.25, 0.3) is 0 Å². The van der Waals surface area contributed by atoms with Crippen LogP contribution in [0.4, 0.5) is 10.1 Å². The molecule has 0 amide bonds. The van der Waals surface area contributed by atoms with Crippen LogP contribution in [0.25, 0.3) is 10.9 Å². The first-order valence-corrected chi connectivity index (χ1v) is 7.59. The minimum absolute atomic E-state index is 0.358. The van der Waals surface area contributed by atoms with Gasteiger partial charge in [-0.05, 0) is 36.4 Å². The van der Waals surface area contributed by atoms with Crippen molar-refractivity contribution in [3.05, 3.63) is 58.5 Å². The summed E-state index contributed by atoms with van der Waals surface area (Å²) in [4.78, 5) is 5.28. The standard InChI is InChI=1S/C15H9Cl2FN2S/c16-8-3-4-10(17)13(6-8)21-15-11(18)7-12(19)9-2-1-5-20-14(9)15/h1-7H,19H2. The van der Waals surface area contributed by atoms with Crippen molar-refractivity contribution in [3.63, 3.8) is 0 Å². The summed E-state index contributed by atoms with van der Waals surface area (Å²) in [5, 5.41) is 1.75. The average molecular weight is 339 g/mol. The molecule has 106 valence electrons. The van der Waals surface area contributed by atoms with Crippen molar-refractivity contribution >= 4 is 51.6 Å². The van der Waals surface area contributed by atoms with E-state index in [1.54, 1.807) is 36.5 Å². The zero-order valence-corrected chi connectivity index (χ0v) is 12.9. The molecule has 0 atom stereocenters. The second-order valence-electron chi connectivity index (χ2n) is 4.35. The predicted octanol–water partition coefficient (Wildman–Crippen LogP) is 5.41. The number of halogens is 3. The maximum Gasteiger partial charge on any atom is 0.141 e. The molecule has 0 radical (unpaired) electrons. The Hall–Kier alpha value is -1.49. The molecule has 2 aromatic carbocycles. The third-order valence-electron chi connectivity index (χ3n) is 2.94. The van der Waals surface area contributed by atoms with E-state index in [0.717, 1.165) is 0 Å². The first-order valence-electron chi connectivity index (χ1n) is 6.02. The van der Waals surface area contributed by atoms with Crippen LogP contribution in [0.2, 0.25) is 10.0 Å². The smallest absolute Gasteiger partial charge is 0.141 e. The molecule has 0 aliphatic rings. The summed E-state index contributed by atoms with van der Waals surface area (Å²) in [7, 11) is 0. The fraction of sp³-hybridized carbons (Fsp3) is 0. The average Bonchev–Trinajstić information content (AvgIpc) is 2.47. The van der Waals surface area contributed by atoms with Gasteiger partial charge in [-0.1, -0.05) is 35.0 Å². The van der Waals surface area contributed by atoms with Gasteiger partial charge in [-0.3, -0.25) is 4.98 Å². The van der Waals surface area contributed by atoms with Crippen LogP contribution in [0.1, 0.15) is 0 Å². The zero-order valence-electron chi connectivity index (χ0n) is 10.6. The van der Waals surface area contributed by atoms with Gasteiger partial charge in [0.15, 0.2) is 0 Å². The number of hydrogen-bond donors (Lipinski definition) is 1. The summed E-state index contributed by atoms with van der Waals surface area (Å²) >= 11 is 13.3. The highest BCUT2D eigenvalue weighted by atomic mass is 35.5. The third kappa shape index (κ3) is 2.79. The van der Waals surface area contributed by atoms with Crippen molar-refractivity contribution in [1.29, 1.82) is 0 Å². The van der Waals surface area contributed by atoms with E-state index >= 15 is 0 Å². The monoisotopic (exact) mass is 338 g/mol. The van der Waals surface area contributed by atoms with E-state index in [1.807, 2.05) is 0 Å². The number of aromatic nitrogens is 1. The minimum Gasteiger partial charge on any atom is -0.398 e. The summed E-state index contributed by atoms with van der Waals surface area (Å²) in [6, 6.07) is 9.92. The molecule has 0 aliphatic carbocycles. The van der Waals surface area contributed by atoms with Gasteiger partial charge in [0, 0.05) is 27.2 Å². The molecule has 0 bridgehead atoms. The van der Waals surface area contributed by atoms with Crippen LogP contribution in [0.15, 0.2) is 52.4 Å². The Balaban J connectivity index is 2.19. The van der Waals surface area contributed by atoms with Crippen LogP contribution in [0.5, 0.6) is 0 Å². The lowest BCUT2D eigenvalue weighted by atomic mass is 10.2. The minimum atomic E-state index is -0.431. The van der Waals surface area contributed by atoms with Gasteiger partial charge < -0.3 is 5.73 Å². The van der Waals surface area contributed by atoms with Gasteiger partial charge in [-0.25, -0.2) is 4.39 Å². The van der Waals surface area contributed by atoms with Gasteiger partial charge in [0.1, 0.15) is 5.82 Å². The van der Waals surface area contributed by atoms with Gasteiger partial charge >= 0.3 is 0 Å². The summed E-state index contributed by atoms with van der Waals surface area (Å²) in [6.45, 7) is 0. The Morgan fingerprint density at radius 1 is 1.14 bits per heavy atom. The highest BCUT2D eigenvalue weighted by molar-refractivity contribution is 7.99. The summed E-state index contributed by atoms with van der Waals surface area (Å²) < 4.78 is 14.3. The van der Waals surface area contributed by atoms with Crippen LogP contribution >= 0.6 is 35.0 Å². The molecule has 0 saturated heterocycles. The van der Waals surface area contributed by atoms with Crippen molar-refractivity contribution in [2.45, 2.75) is 9.79 Å². The van der Waals surface area contributed by atoms with Crippen LogP contribution < -0.4 is 5.73 Å². The normalized spacial score (nSPS) is 11.0. The van der Waals surface area contributed by atoms with Crippen LogP contribution in [0.3, 0.4) is 0 Å². The number of benzene rings is 2. The molecule has 0 saturated carbocycles. The summed E-state index contributed by atoms with van der Waals surface area (Å²) in [6.07, 6.45) is 1.60. The molecule has 2 N–H and O–H groups in total. The fourth-order valence-corrected chi connectivity index (χ4v) is 3.43. The maximum atomic E-state index is 14.3. The van der Waals surface area contributed by atoms with E-state index in [2.05, 4.69) is 4.98 Å². The number of fused-ring (bicyclic) bond motifs is 1. The lowest BCUT2D eigenvalue weighted by Gasteiger charge is -2.10. The molecular formula is C15H9Cl2FN2S. The lowest BCUT2D eigenvalue weighted by molar-refractivity contribution is 0.605. The van der Waals surface area contributed by atoms with Gasteiger partial charge in [-0.15, -0.1) is 0 Å². The fourth-order valence-electron chi connectivity index (χ4n) is 1.97. The molecule has 0 spiro atoms. The Bertz CT molecular complexity index is 839. The van der Waals surface area contributed by atoms with Crippen molar-refractivity contribution < 1.29 is 4.39 Å². The number of nitrogens with two attached hydrogens (primary N) is 1. The first-order chi connectivity index (χ1) is 10.1. The molecule has 1 aromatic heterocycles. The van der Waals surface area contributed by atoms with E-state index in [9.17, 15) is 4.39 Å². The first kappa shape index (κ1) is 14.4. The Morgan fingerprint density at radius 2 is 1.95 bits per heavy atom. The summed E-state index contributed by atoms with van der Waals surface area (Å²) in [5.41, 5.74) is 6.71. The lowest BCUT2D eigenvalue weighted by Crippen LogP contribution is -1.94. The third-order valence-corrected chi connectivity index (χ3v) is 4.77. The topological polar surface area (TPSA) is 38.9 Å². The highest BCUT2D eigenvalue weighted by Gasteiger charge is 2.15. The van der Waals surface area contributed by atoms with Gasteiger partial charge in [0.05, 0.1) is 15.4 Å². The second-order valence-corrected chi connectivity index (χ2v) is 6.25. The summed E-state index contributed by atoms with van der Waals surface area (Å²) in [5.74, 6) is -0.431. The molecule has 1 heterocycles. The predicted molar refractivity (Wildman–Crippen MR) is 86.7 cm³/mol. The van der Waals surface area contributed by atoms with Crippen molar-refractivity contribution in [1.82, 2.24) is 4.98 Å². The molecule has 2 nitrogen and oxygen atoms in total. The quantitative estimate of drug-likeness (QED) is 0.634. The SMILES string of the molecule is Nc1cc(F)c(Sc2cc(Cl)ccc2Cl)c2ncccc12. The Morgan fingerprint density at radius 3 is 2.76 bits per heavy atom. The van der Waals surface area contributed by atoms with Crippen LogP contribution in [-0.2, 0) is 0 Å². The highest BCUT2D eigenvalue weighted by Crippen LogP contribution is 2.40. The molecule has 3 aromatic rings. The van der Waals surface area contributed by atoms with Gasteiger partial charge in [0.2, 0.25) is 0 Å². The van der Waals surface area contributed by atoms with E-state index in [4.69, 9.17) is 28.9 Å². The number of rotatable bonds is 2. The number of anilines is 1. The molecule has 21 heavy (non-hydrogen) atoms. The number of nitrogens with zero attached hydrogens (tertiary/aromatic N) is 1. The largest absolute Gasteiger partial charge is 0.398 e. The molecule has 0 aliphatic heterocycles. The van der Waals surface area contributed by atoms with E-state index in [0.29, 0.717) is 36.4 Å². The number of hydrogen-bond acceptors (Lipinski definition) is 3. The van der Waals surface area contributed by atoms with Gasteiger partial charge in [-0.2, -0.15) is 0 Å². The van der Waals surface area contributed by atoms with Crippen molar-refractivity contribution in [2.24, 2.45) is 0 Å². The Kier molecular flexibility index (Phi) is 3.93. The second kappa shape index (κ2) is 5.72. The van der Waals surface area contributed by atoms with Crippen LogP contribution in [-0.4, -0.2) is 4.98 Å². The zero-order chi connectivity index (χ0) is 15.0. The van der Waals surface area contributed by atoms with Crippen molar-refractivity contribution in [3.8, 4) is 0 Å². The van der Waals surface area contributed by atoms with Crippen LogP contribution in [0, 0.1) is 5.82 Å². The molecule has 3 rings (SSSR count). The van der Waals surface area contributed by atoms with E-state index in [1.165, 1.54) is 17.8 Å². The number of nitrogen functional groups attached to an aromatic ring is 1. The van der Waals surface area contributed by atoms with E-state index < -0.39 is 5.82 Å². The molecule has 0 unspecified atom stereocenters. The maximum absolute atomic E-state index is 14.3. The van der Waals surface area contributed by atoms with E-state index in [-0.39, 0.29) is 0 Å². The molecule has 6 heteroatoms. The molecular weight excluding hydrogens is 330 g/mol. The van der Waals surface area contributed by atoms with Crippen molar-refractivity contribution in [2.75, 3.05) is 5.73 Å².